The van der Waals surface area contributed by atoms with Crippen molar-refractivity contribution >= 4 is 26.7 Å². The van der Waals surface area contributed by atoms with Crippen LogP contribution in [0.2, 0.25) is 0 Å². The Hall–Kier alpha value is -4.15. The summed E-state index contributed by atoms with van der Waals surface area (Å²) in [6, 6.07) is 41.4. The van der Waals surface area contributed by atoms with Crippen molar-refractivity contribution in [2.75, 3.05) is 0 Å². The molecule has 0 fully saturated rings. The fourth-order valence-electron chi connectivity index (χ4n) is 4.23. The lowest BCUT2D eigenvalue weighted by atomic mass is 9.97. The topological polar surface area (TPSA) is 38.7 Å². The Kier molecular flexibility index (Phi) is 5.65. The molecule has 6 aromatic rings. The fourth-order valence-corrected chi connectivity index (χ4v) is 4.49. The van der Waals surface area contributed by atoms with Gasteiger partial charge in [0.2, 0.25) is 0 Å². The standard InChI is InChI=1S/C31H20BrN3/c32-26-19-17-25(18-20-26)31-34-29(23-8-2-1-3-9-23)33-30(35-31)24-15-13-22(14-16-24)28-12-6-10-21-7-4-5-11-27(21)28/h1-20H. The molecule has 35 heavy (non-hydrogen) atoms. The van der Waals surface area contributed by atoms with Crippen LogP contribution in [0.1, 0.15) is 0 Å². The Morgan fingerprint density at radius 3 is 1.54 bits per heavy atom. The number of hydrogen-bond acceptors (Lipinski definition) is 3. The van der Waals surface area contributed by atoms with Crippen molar-refractivity contribution in [1.82, 2.24) is 15.0 Å². The third-order valence-corrected chi connectivity index (χ3v) is 6.54. The molecule has 6 rings (SSSR count). The van der Waals surface area contributed by atoms with E-state index in [1.165, 1.54) is 16.3 Å². The van der Waals surface area contributed by atoms with Gasteiger partial charge in [-0.05, 0) is 34.0 Å². The van der Waals surface area contributed by atoms with Crippen LogP contribution >= 0.6 is 15.9 Å². The number of aromatic nitrogens is 3. The van der Waals surface area contributed by atoms with E-state index in [0.717, 1.165) is 26.7 Å². The van der Waals surface area contributed by atoms with E-state index in [9.17, 15) is 0 Å². The Morgan fingerprint density at radius 2 is 0.886 bits per heavy atom. The molecule has 4 heteroatoms. The molecule has 0 unspecified atom stereocenters. The van der Waals surface area contributed by atoms with Crippen molar-refractivity contribution in [1.29, 1.82) is 0 Å². The molecule has 3 nitrogen and oxygen atoms in total. The van der Waals surface area contributed by atoms with Gasteiger partial charge >= 0.3 is 0 Å². The predicted molar refractivity (Wildman–Crippen MR) is 147 cm³/mol. The van der Waals surface area contributed by atoms with Gasteiger partial charge in [0.05, 0.1) is 0 Å². The minimum atomic E-state index is 0.652. The third kappa shape index (κ3) is 4.36. The van der Waals surface area contributed by atoms with Crippen LogP contribution in [-0.4, -0.2) is 15.0 Å². The van der Waals surface area contributed by atoms with Crippen LogP contribution in [-0.2, 0) is 0 Å². The Bertz CT molecular complexity index is 1620. The maximum absolute atomic E-state index is 4.84. The summed E-state index contributed by atoms with van der Waals surface area (Å²) in [6.45, 7) is 0. The van der Waals surface area contributed by atoms with Gasteiger partial charge in [0.25, 0.3) is 0 Å². The normalized spacial score (nSPS) is 11.0. The molecule has 0 bridgehead atoms. The molecule has 0 saturated carbocycles. The number of hydrogen-bond donors (Lipinski definition) is 0. The van der Waals surface area contributed by atoms with Gasteiger partial charge in [-0.2, -0.15) is 0 Å². The summed E-state index contributed by atoms with van der Waals surface area (Å²) in [6.07, 6.45) is 0. The fraction of sp³-hybridized carbons (Fsp3) is 0. The second-order valence-corrected chi connectivity index (χ2v) is 9.20. The smallest absolute Gasteiger partial charge is 0.164 e. The van der Waals surface area contributed by atoms with E-state index in [2.05, 4.69) is 82.7 Å². The van der Waals surface area contributed by atoms with Crippen LogP contribution in [0.3, 0.4) is 0 Å². The van der Waals surface area contributed by atoms with Crippen molar-refractivity contribution in [3.63, 3.8) is 0 Å². The zero-order valence-electron chi connectivity index (χ0n) is 18.8. The van der Waals surface area contributed by atoms with Crippen LogP contribution < -0.4 is 0 Å². The summed E-state index contributed by atoms with van der Waals surface area (Å²) >= 11 is 3.51. The molecule has 5 aromatic carbocycles. The molecule has 1 aromatic heterocycles. The number of halogens is 1. The minimum absolute atomic E-state index is 0.652. The van der Waals surface area contributed by atoms with Gasteiger partial charge in [-0.1, -0.05) is 125 Å². The molecule has 0 aliphatic carbocycles. The van der Waals surface area contributed by atoms with Gasteiger partial charge in [-0.3, -0.25) is 0 Å². The van der Waals surface area contributed by atoms with Crippen LogP contribution in [0.15, 0.2) is 126 Å². The summed E-state index contributed by atoms with van der Waals surface area (Å²) in [5, 5.41) is 2.48. The quantitative estimate of drug-likeness (QED) is 0.237. The zero-order valence-corrected chi connectivity index (χ0v) is 20.4. The minimum Gasteiger partial charge on any atom is -0.208 e. The molecule has 0 aliphatic heterocycles. The van der Waals surface area contributed by atoms with Crippen LogP contribution in [0.25, 0.3) is 56.1 Å². The highest BCUT2D eigenvalue weighted by atomic mass is 79.9. The monoisotopic (exact) mass is 513 g/mol. The first-order chi connectivity index (χ1) is 17.2. The summed E-state index contributed by atoms with van der Waals surface area (Å²) in [7, 11) is 0. The second-order valence-electron chi connectivity index (χ2n) is 8.28. The van der Waals surface area contributed by atoms with Crippen LogP contribution in [0, 0.1) is 0 Å². The summed E-state index contributed by atoms with van der Waals surface area (Å²) in [5.41, 5.74) is 5.23. The van der Waals surface area contributed by atoms with Gasteiger partial charge in [0.15, 0.2) is 17.5 Å². The van der Waals surface area contributed by atoms with Crippen molar-refractivity contribution in [2.24, 2.45) is 0 Å². The molecule has 0 amide bonds. The average Bonchev–Trinajstić information content (AvgIpc) is 2.93. The number of benzene rings is 5. The van der Waals surface area contributed by atoms with Crippen molar-refractivity contribution in [2.45, 2.75) is 0 Å². The SMILES string of the molecule is Brc1ccc(-c2nc(-c3ccccc3)nc(-c3ccc(-c4cccc5ccccc45)cc3)n2)cc1. The van der Waals surface area contributed by atoms with E-state index in [-0.39, 0.29) is 0 Å². The predicted octanol–water partition coefficient (Wildman–Crippen LogP) is 8.46. The molecule has 0 N–H and O–H groups in total. The highest BCUT2D eigenvalue weighted by molar-refractivity contribution is 9.10. The molecular weight excluding hydrogens is 494 g/mol. The van der Waals surface area contributed by atoms with Gasteiger partial charge in [-0.15, -0.1) is 0 Å². The first-order valence-electron chi connectivity index (χ1n) is 11.4. The van der Waals surface area contributed by atoms with Crippen LogP contribution in [0.5, 0.6) is 0 Å². The lowest BCUT2D eigenvalue weighted by Crippen LogP contribution is -2.00. The van der Waals surface area contributed by atoms with Crippen molar-refractivity contribution < 1.29 is 0 Å². The average molecular weight is 514 g/mol. The van der Waals surface area contributed by atoms with Gasteiger partial charge in [-0.25, -0.2) is 15.0 Å². The number of nitrogens with zero attached hydrogens (tertiary/aromatic N) is 3. The van der Waals surface area contributed by atoms with Gasteiger partial charge in [0.1, 0.15) is 0 Å². The highest BCUT2D eigenvalue weighted by Crippen LogP contribution is 2.31. The highest BCUT2D eigenvalue weighted by Gasteiger charge is 2.13. The third-order valence-electron chi connectivity index (χ3n) is 6.01. The lowest BCUT2D eigenvalue weighted by Gasteiger charge is -2.10. The van der Waals surface area contributed by atoms with E-state index >= 15 is 0 Å². The first kappa shape index (κ1) is 21.4. The van der Waals surface area contributed by atoms with E-state index in [1.807, 2.05) is 54.6 Å². The summed E-state index contributed by atoms with van der Waals surface area (Å²) in [4.78, 5) is 14.5. The zero-order chi connectivity index (χ0) is 23.6. The van der Waals surface area contributed by atoms with Crippen molar-refractivity contribution in [3.05, 3.63) is 126 Å². The molecule has 0 atom stereocenters. The molecule has 1 heterocycles. The molecule has 0 spiro atoms. The maximum Gasteiger partial charge on any atom is 0.164 e. The largest absolute Gasteiger partial charge is 0.208 e. The molecular formula is C31H20BrN3. The molecule has 0 aliphatic rings. The first-order valence-corrected chi connectivity index (χ1v) is 12.2. The summed E-state index contributed by atoms with van der Waals surface area (Å²) in [5.74, 6) is 1.97. The molecule has 0 saturated heterocycles. The maximum atomic E-state index is 4.84. The number of fused-ring (bicyclic) bond motifs is 1. The van der Waals surface area contributed by atoms with E-state index < -0.39 is 0 Å². The second kappa shape index (κ2) is 9.24. The Morgan fingerprint density at radius 1 is 0.400 bits per heavy atom. The molecule has 166 valence electrons. The lowest BCUT2D eigenvalue weighted by molar-refractivity contribution is 1.07. The summed E-state index contributed by atoms with van der Waals surface area (Å²) < 4.78 is 1.02. The van der Waals surface area contributed by atoms with Crippen molar-refractivity contribution in [3.8, 4) is 45.3 Å². The Labute approximate surface area is 212 Å². The van der Waals surface area contributed by atoms with E-state index in [1.54, 1.807) is 0 Å². The van der Waals surface area contributed by atoms with E-state index in [0.29, 0.717) is 17.5 Å². The number of rotatable bonds is 4. The van der Waals surface area contributed by atoms with Gasteiger partial charge in [0, 0.05) is 21.2 Å². The van der Waals surface area contributed by atoms with Gasteiger partial charge < -0.3 is 0 Å². The Balaban J connectivity index is 1.45. The van der Waals surface area contributed by atoms with E-state index in [4.69, 9.17) is 15.0 Å². The molecule has 0 radical (unpaired) electrons. The van der Waals surface area contributed by atoms with Crippen LogP contribution in [0.4, 0.5) is 0 Å².